The fourth-order valence-electron chi connectivity index (χ4n) is 1.91. The van der Waals surface area contributed by atoms with E-state index in [1.807, 2.05) is 18.2 Å². The number of hydrogen-bond acceptors (Lipinski definition) is 5. The standard InChI is InChI=1S/C11H11N3OS/c12-11-13-10(14-16-11)8-5-7-3-1-2-4-9(7)15-6-8/h1-4,8H,5-6H2,(H2,12,13,14). The highest BCUT2D eigenvalue weighted by Crippen LogP contribution is 2.31. The quantitative estimate of drug-likeness (QED) is 0.816. The number of nitrogens with zero attached hydrogens (tertiary/aromatic N) is 2. The van der Waals surface area contributed by atoms with E-state index in [4.69, 9.17) is 10.5 Å². The van der Waals surface area contributed by atoms with Gasteiger partial charge < -0.3 is 10.5 Å². The van der Waals surface area contributed by atoms with E-state index in [0.29, 0.717) is 11.7 Å². The molecule has 0 saturated heterocycles. The van der Waals surface area contributed by atoms with Crippen LogP contribution in [0, 0.1) is 0 Å². The average Bonchev–Trinajstić information content (AvgIpc) is 2.75. The molecule has 82 valence electrons. The zero-order chi connectivity index (χ0) is 11.0. The molecule has 1 unspecified atom stereocenters. The number of para-hydroxylation sites is 1. The number of rotatable bonds is 1. The van der Waals surface area contributed by atoms with Crippen molar-refractivity contribution in [3.63, 3.8) is 0 Å². The zero-order valence-electron chi connectivity index (χ0n) is 8.59. The van der Waals surface area contributed by atoms with Crippen LogP contribution in [-0.2, 0) is 6.42 Å². The van der Waals surface area contributed by atoms with Gasteiger partial charge >= 0.3 is 0 Å². The number of anilines is 1. The van der Waals surface area contributed by atoms with Crippen molar-refractivity contribution < 1.29 is 4.74 Å². The summed E-state index contributed by atoms with van der Waals surface area (Å²) >= 11 is 1.24. The van der Waals surface area contributed by atoms with Crippen molar-refractivity contribution in [3.8, 4) is 5.75 Å². The molecule has 2 heterocycles. The van der Waals surface area contributed by atoms with Gasteiger partial charge in [-0.1, -0.05) is 18.2 Å². The molecule has 0 saturated carbocycles. The van der Waals surface area contributed by atoms with Gasteiger partial charge in [0.1, 0.15) is 5.75 Å². The Balaban J connectivity index is 1.88. The molecule has 16 heavy (non-hydrogen) atoms. The highest BCUT2D eigenvalue weighted by molar-refractivity contribution is 7.09. The normalized spacial score (nSPS) is 18.9. The summed E-state index contributed by atoms with van der Waals surface area (Å²) < 4.78 is 9.92. The molecule has 0 bridgehead atoms. The third-order valence-corrected chi connectivity index (χ3v) is 3.26. The van der Waals surface area contributed by atoms with Crippen LogP contribution in [0.25, 0.3) is 0 Å². The van der Waals surface area contributed by atoms with Crippen molar-refractivity contribution >= 4 is 16.7 Å². The Morgan fingerprint density at radius 3 is 3.06 bits per heavy atom. The number of nitrogen functional groups attached to an aromatic ring is 1. The summed E-state index contributed by atoms with van der Waals surface area (Å²) in [4.78, 5) is 4.21. The van der Waals surface area contributed by atoms with Crippen molar-refractivity contribution in [2.24, 2.45) is 0 Å². The van der Waals surface area contributed by atoms with Gasteiger partial charge in [0.2, 0.25) is 0 Å². The second-order valence-corrected chi connectivity index (χ2v) is 4.59. The second kappa shape index (κ2) is 3.75. The monoisotopic (exact) mass is 233 g/mol. The summed E-state index contributed by atoms with van der Waals surface area (Å²) in [6.45, 7) is 0.632. The molecular weight excluding hydrogens is 222 g/mol. The predicted molar refractivity (Wildman–Crippen MR) is 62.7 cm³/mol. The van der Waals surface area contributed by atoms with E-state index < -0.39 is 0 Å². The Labute approximate surface area is 97.3 Å². The largest absolute Gasteiger partial charge is 0.493 e. The first-order valence-corrected chi connectivity index (χ1v) is 5.90. The summed E-state index contributed by atoms with van der Waals surface area (Å²) in [6, 6.07) is 8.08. The van der Waals surface area contributed by atoms with Crippen LogP contribution < -0.4 is 10.5 Å². The van der Waals surface area contributed by atoms with E-state index >= 15 is 0 Å². The van der Waals surface area contributed by atoms with Crippen LogP contribution in [0.1, 0.15) is 17.3 Å². The van der Waals surface area contributed by atoms with Gasteiger partial charge in [0, 0.05) is 11.5 Å². The van der Waals surface area contributed by atoms with Gasteiger partial charge in [0.25, 0.3) is 0 Å². The molecule has 2 N–H and O–H groups in total. The Morgan fingerprint density at radius 1 is 1.38 bits per heavy atom. The minimum absolute atomic E-state index is 0.225. The average molecular weight is 233 g/mol. The Morgan fingerprint density at radius 2 is 2.25 bits per heavy atom. The lowest BCUT2D eigenvalue weighted by atomic mass is 9.96. The lowest BCUT2D eigenvalue weighted by molar-refractivity contribution is 0.258. The molecule has 1 aromatic carbocycles. The molecular formula is C11H11N3OS. The lowest BCUT2D eigenvalue weighted by Gasteiger charge is -2.23. The van der Waals surface area contributed by atoms with E-state index in [2.05, 4.69) is 15.4 Å². The van der Waals surface area contributed by atoms with Gasteiger partial charge in [-0.3, -0.25) is 0 Å². The minimum Gasteiger partial charge on any atom is -0.493 e. The van der Waals surface area contributed by atoms with E-state index in [0.717, 1.165) is 18.0 Å². The number of ether oxygens (including phenoxy) is 1. The predicted octanol–water partition coefficient (Wildman–Crippen LogP) is 1.84. The molecule has 0 radical (unpaired) electrons. The summed E-state index contributed by atoms with van der Waals surface area (Å²) in [7, 11) is 0. The summed E-state index contributed by atoms with van der Waals surface area (Å²) in [6.07, 6.45) is 0.923. The van der Waals surface area contributed by atoms with Crippen molar-refractivity contribution in [1.82, 2.24) is 9.36 Å². The highest BCUT2D eigenvalue weighted by atomic mass is 32.1. The topological polar surface area (TPSA) is 61.0 Å². The Kier molecular flexibility index (Phi) is 2.25. The summed E-state index contributed by atoms with van der Waals surface area (Å²) in [5.74, 6) is 2.00. The maximum atomic E-state index is 5.68. The molecule has 5 heteroatoms. The van der Waals surface area contributed by atoms with Gasteiger partial charge in [-0.15, -0.1) is 0 Å². The fraction of sp³-hybridized carbons (Fsp3) is 0.273. The number of benzene rings is 1. The molecule has 0 fully saturated rings. The SMILES string of the molecule is Nc1nc(C2COc3ccccc3C2)ns1. The molecule has 2 aromatic rings. The van der Waals surface area contributed by atoms with Gasteiger partial charge in [-0.05, 0) is 18.1 Å². The molecule has 0 amide bonds. The van der Waals surface area contributed by atoms with Gasteiger partial charge in [0.15, 0.2) is 11.0 Å². The van der Waals surface area contributed by atoms with Crippen molar-refractivity contribution in [2.45, 2.75) is 12.3 Å². The first-order valence-electron chi connectivity index (χ1n) is 5.13. The minimum atomic E-state index is 0.225. The maximum Gasteiger partial charge on any atom is 0.199 e. The zero-order valence-corrected chi connectivity index (χ0v) is 9.41. The first kappa shape index (κ1) is 9.59. The van der Waals surface area contributed by atoms with Crippen LogP contribution in [0.4, 0.5) is 5.13 Å². The number of hydrogen-bond donors (Lipinski definition) is 1. The Bertz CT molecular complexity index is 511. The van der Waals surface area contributed by atoms with Crippen molar-refractivity contribution in [3.05, 3.63) is 35.7 Å². The van der Waals surface area contributed by atoms with Gasteiger partial charge in [-0.2, -0.15) is 4.37 Å². The third-order valence-electron chi connectivity index (χ3n) is 2.70. The number of nitrogens with two attached hydrogens (primary N) is 1. The van der Waals surface area contributed by atoms with Crippen LogP contribution in [0.2, 0.25) is 0 Å². The summed E-state index contributed by atoms with van der Waals surface area (Å²) in [5, 5.41) is 0.522. The van der Waals surface area contributed by atoms with E-state index in [1.165, 1.54) is 17.1 Å². The molecule has 3 rings (SSSR count). The molecule has 4 nitrogen and oxygen atoms in total. The second-order valence-electron chi connectivity index (χ2n) is 3.81. The van der Waals surface area contributed by atoms with Gasteiger partial charge in [0.05, 0.1) is 12.5 Å². The van der Waals surface area contributed by atoms with E-state index in [9.17, 15) is 0 Å². The first-order chi connectivity index (χ1) is 7.83. The molecule has 1 aromatic heterocycles. The molecule has 1 aliphatic heterocycles. The third kappa shape index (κ3) is 1.63. The lowest BCUT2D eigenvalue weighted by Crippen LogP contribution is -2.20. The fourth-order valence-corrected chi connectivity index (χ4v) is 2.42. The molecule has 0 aliphatic carbocycles. The van der Waals surface area contributed by atoms with Crippen molar-refractivity contribution in [1.29, 1.82) is 0 Å². The van der Waals surface area contributed by atoms with Gasteiger partial charge in [-0.25, -0.2) is 4.98 Å². The number of aromatic nitrogens is 2. The van der Waals surface area contributed by atoms with E-state index in [-0.39, 0.29) is 5.92 Å². The smallest absolute Gasteiger partial charge is 0.199 e. The van der Waals surface area contributed by atoms with Crippen LogP contribution in [0.3, 0.4) is 0 Å². The van der Waals surface area contributed by atoms with Crippen LogP contribution in [-0.4, -0.2) is 16.0 Å². The molecule has 1 aliphatic rings. The summed E-state index contributed by atoms with van der Waals surface area (Å²) in [5.41, 5.74) is 6.80. The molecule has 1 atom stereocenters. The number of fused-ring (bicyclic) bond motifs is 1. The Hall–Kier alpha value is -1.62. The van der Waals surface area contributed by atoms with Crippen molar-refractivity contribution in [2.75, 3.05) is 12.3 Å². The maximum absolute atomic E-state index is 5.68. The van der Waals surface area contributed by atoms with E-state index in [1.54, 1.807) is 0 Å². The van der Waals surface area contributed by atoms with Crippen LogP contribution >= 0.6 is 11.5 Å². The van der Waals surface area contributed by atoms with Crippen LogP contribution in [0.5, 0.6) is 5.75 Å². The highest BCUT2D eigenvalue weighted by Gasteiger charge is 2.24. The van der Waals surface area contributed by atoms with Crippen LogP contribution in [0.15, 0.2) is 24.3 Å². The molecule has 0 spiro atoms.